The number of nitrogens with one attached hydrogen (secondary N) is 2. The lowest BCUT2D eigenvalue weighted by molar-refractivity contribution is -0.105. The van der Waals surface area contributed by atoms with Gasteiger partial charge in [0.05, 0.1) is 10.6 Å². The van der Waals surface area contributed by atoms with E-state index in [0.29, 0.717) is 12.0 Å². The Morgan fingerprint density at radius 1 is 0.913 bits per heavy atom. The molecule has 2 aromatic carbocycles. The first-order chi connectivity index (χ1) is 10.8. The van der Waals surface area contributed by atoms with E-state index in [0.717, 1.165) is 0 Å². The van der Waals surface area contributed by atoms with E-state index in [1.54, 1.807) is 17.1 Å². The Kier molecular flexibility index (Phi) is 4.83. The van der Waals surface area contributed by atoms with Gasteiger partial charge in [0.2, 0.25) is 6.41 Å². The summed E-state index contributed by atoms with van der Waals surface area (Å²) in [6, 6.07) is 11.3. The van der Waals surface area contributed by atoms with E-state index in [9.17, 15) is 21.6 Å². The summed E-state index contributed by atoms with van der Waals surface area (Å²) in [6.45, 7) is 1.69. The number of rotatable bonds is 6. The van der Waals surface area contributed by atoms with Gasteiger partial charge < -0.3 is 5.32 Å². The molecule has 0 aliphatic heterocycles. The fourth-order valence-electron chi connectivity index (χ4n) is 1.90. The van der Waals surface area contributed by atoms with Crippen molar-refractivity contribution in [1.82, 2.24) is 4.13 Å². The molecule has 0 spiro atoms. The van der Waals surface area contributed by atoms with Crippen molar-refractivity contribution < 1.29 is 21.6 Å². The van der Waals surface area contributed by atoms with Gasteiger partial charge in [-0.2, -0.15) is 0 Å². The highest BCUT2D eigenvalue weighted by atomic mass is 32.3. The average molecular weight is 354 g/mol. The van der Waals surface area contributed by atoms with Crippen LogP contribution in [-0.4, -0.2) is 23.2 Å². The molecule has 1 amide bonds. The summed E-state index contributed by atoms with van der Waals surface area (Å²) in [7, 11) is -8.67. The number of benzene rings is 2. The van der Waals surface area contributed by atoms with Gasteiger partial charge in [0, 0.05) is 0 Å². The van der Waals surface area contributed by atoms with Gasteiger partial charge in [-0.15, -0.1) is 4.13 Å². The van der Waals surface area contributed by atoms with Gasteiger partial charge in [0.15, 0.2) is 0 Å². The third-order valence-corrected chi connectivity index (χ3v) is 6.48. The molecule has 0 bridgehead atoms. The molecule has 0 aliphatic carbocycles. The molecule has 0 saturated carbocycles. The lowest BCUT2D eigenvalue weighted by Crippen LogP contribution is -2.31. The van der Waals surface area contributed by atoms with E-state index in [1.165, 1.54) is 42.5 Å². The molecule has 7 nitrogen and oxygen atoms in total. The number of sulfonamides is 2. The minimum atomic E-state index is -4.39. The topological polar surface area (TPSA) is 109 Å². The lowest BCUT2D eigenvalue weighted by atomic mass is 10.2. The first-order valence-electron chi connectivity index (χ1n) is 6.41. The third-order valence-electron chi connectivity index (χ3n) is 2.91. The van der Waals surface area contributed by atoms with E-state index in [-0.39, 0.29) is 15.5 Å². The number of hydrogen-bond acceptors (Lipinski definition) is 5. The first kappa shape index (κ1) is 17.1. The van der Waals surface area contributed by atoms with Crippen LogP contribution in [0.25, 0.3) is 0 Å². The van der Waals surface area contributed by atoms with Crippen LogP contribution in [-0.2, 0) is 24.8 Å². The second-order valence-electron chi connectivity index (χ2n) is 4.67. The molecular formula is C14H14N2O5S2. The summed E-state index contributed by atoms with van der Waals surface area (Å²) in [4.78, 5) is 10.0. The standard InChI is InChI=1S/C14H14N2O5S2/c1-11-5-4-6-12(9-11)22(18,19)16-23(20,21)14-8-3-2-7-13(14)15-10-17/h2-10,16H,1H3,(H,15,17). The van der Waals surface area contributed by atoms with Gasteiger partial charge in [0.1, 0.15) is 4.90 Å². The van der Waals surface area contributed by atoms with E-state index in [1.807, 2.05) is 0 Å². The van der Waals surface area contributed by atoms with Gasteiger partial charge in [0.25, 0.3) is 20.0 Å². The van der Waals surface area contributed by atoms with Crippen LogP contribution in [0.3, 0.4) is 0 Å². The minimum absolute atomic E-state index is 0.0190. The van der Waals surface area contributed by atoms with E-state index in [2.05, 4.69) is 5.32 Å². The van der Waals surface area contributed by atoms with Crippen LogP contribution >= 0.6 is 0 Å². The number of carbonyl (C=O) groups is 1. The molecular weight excluding hydrogens is 340 g/mol. The van der Waals surface area contributed by atoms with Gasteiger partial charge in [-0.05, 0) is 36.8 Å². The van der Waals surface area contributed by atoms with E-state index < -0.39 is 20.0 Å². The molecule has 0 radical (unpaired) electrons. The van der Waals surface area contributed by atoms with Crippen molar-refractivity contribution in [2.24, 2.45) is 0 Å². The first-order valence-corrected chi connectivity index (χ1v) is 9.37. The van der Waals surface area contributed by atoms with Crippen molar-refractivity contribution in [3.63, 3.8) is 0 Å². The fourth-order valence-corrected chi connectivity index (χ4v) is 5.08. The maximum Gasteiger partial charge on any atom is 0.255 e. The van der Waals surface area contributed by atoms with E-state index >= 15 is 0 Å². The minimum Gasteiger partial charge on any atom is -0.328 e. The molecule has 0 heterocycles. The van der Waals surface area contributed by atoms with Crippen molar-refractivity contribution in [2.45, 2.75) is 16.7 Å². The molecule has 0 aromatic heterocycles. The summed E-state index contributed by atoms with van der Waals surface area (Å²) in [5, 5.41) is 2.22. The van der Waals surface area contributed by atoms with Crippen LogP contribution in [0.2, 0.25) is 0 Å². The summed E-state index contributed by atoms with van der Waals surface area (Å²) in [5.74, 6) is 0. The number of anilines is 1. The normalized spacial score (nSPS) is 11.9. The SMILES string of the molecule is Cc1cccc(S(=O)(=O)NS(=O)(=O)c2ccccc2NC=O)c1. The highest BCUT2D eigenvalue weighted by Gasteiger charge is 2.26. The molecule has 23 heavy (non-hydrogen) atoms. The Bertz CT molecular complexity index is 937. The van der Waals surface area contributed by atoms with Crippen molar-refractivity contribution >= 4 is 32.1 Å². The zero-order valence-electron chi connectivity index (χ0n) is 12.1. The molecule has 9 heteroatoms. The zero-order chi connectivity index (χ0) is 17.1. The second kappa shape index (κ2) is 6.49. The van der Waals surface area contributed by atoms with Gasteiger partial charge in [-0.25, -0.2) is 16.8 Å². The largest absolute Gasteiger partial charge is 0.328 e. The summed E-state index contributed by atoms with van der Waals surface area (Å²) >= 11 is 0. The van der Waals surface area contributed by atoms with Gasteiger partial charge in [-0.3, -0.25) is 4.79 Å². The smallest absolute Gasteiger partial charge is 0.255 e. The lowest BCUT2D eigenvalue weighted by Gasteiger charge is -2.11. The molecule has 2 aromatic rings. The Morgan fingerprint density at radius 3 is 2.26 bits per heavy atom. The molecule has 0 atom stereocenters. The molecule has 0 fully saturated rings. The van der Waals surface area contributed by atoms with Crippen molar-refractivity contribution in [2.75, 3.05) is 5.32 Å². The van der Waals surface area contributed by atoms with Crippen molar-refractivity contribution in [3.05, 3.63) is 54.1 Å². The van der Waals surface area contributed by atoms with Crippen LogP contribution in [0, 0.1) is 6.92 Å². The molecule has 2 rings (SSSR count). The van der Waals surface area contributed by atoms with Crippen molar-refractivity contribution in [1.29, 1.82) is 0 Å². The molecule has 0 unspecified atom stereocenters. The van der Waals surface area contributed by atoms with Gasteiger partial charge >= 0.3 is 0 Å². The quantitative estimate of drug-likeness (QED) is 0.758. The van der Waals surface area contributed by atoms with Crippen LogP contribution in [0.1, 0.15) is 5.56 Å². The monoisotopic (exact) mass is 354 g/mol. The van der Waals surface area contributed by atoms with Crippen LogP contribution in [0.4, 0.5) is 5.69 Å². The predicted molar refractivity (Wildman–Crippen MR) is 84.8 cm³/mol. The number of para-hydroxylation sites is 1. The van der Waals surface area contributed by atoms with Crippen LogP contribution in [0.15, 0.2) is 58.3 Å². The van der Waals surface area contributed by atoms with Crippen molar-refractivity contribution in [3.8, 4) is 0 Å². The predicted octanol–water partition coefficient (Wildman–Crippen LogP) is 1.23. The Balaban J connectivity index is 2.44. The van der Waals surface area contributed by atoms with Gasteiger partial charge in [-0.1, -0.05) is 24.3 Å². The van der Waals surface area contributed by atoms with E-state index in [4.69, 9.17) is 0 Å². The molecule has 0 aliphatic rings. The highest BCUT2D eigenvalue weighted by Crippen LogP contribution is 2.22. The highest BCUT2D eigenvalue weighted by molar-refractivity contribution is 8.04. The van der Waals surface area contributed by atoms with Crippen LogP contribution in [0.5, 0.6) is 0 Å². The Hall–Kier alpha value is -2.23. The summed E-state index contributed by atoms with van der Waals surface area (Å²) in [5.41, 5.74) is 0.655. The second-order valence-corrected chi connectivity index (χ2v) is 8.26. The number of carbonyl (C=O) groups excluding carboxylic acids is 1. The average Bonchev–Trinajstić information content (AvgIpc) is 2.47. The summed E-state index contributed by atoms with van der Waals surface area (Å²) in [6.07, 6.45) is 0.309. The third kappa shape index (κ3) is 3.95. The number of hydrogen-bond donors (Lipinski definition) is 2. The summed E-state index contributed by atoms with van der Waals surface area (Å²) < 4.78 is 50.9. The fraction of sp³-hybridized carbons (Fsp3) is 0.0714. The molecule has 122 valence electrons. The van der Waals surface area contributed by atoms with Crippen LogP contribution < -0.4 is 9.44 Å². The molecule has 0 saturated heterocycles. The zero-order valence-corrected chi connectivity index (χ0v) is 13.7. The maximum atomic E-state index is 12.4. The molecule has 2 N–H and O–H groups in total. The number of amides is 1. The maximum absolute atomic E-state index is 12.4. The Labute approximate surface area is 134 Å². The number of aryl methyl sites for hydroxylation is 1. The Morgan fingerprint density at radius 2 is 1.61 bits per heavy atom.